The van der Waals surface area contributed by atoms with Crippen LogP contribution >= 0.6 is 22.9 Å². The van der Waals surface area contributed by atoms with Crippen LogP contribution < -0.4 is 10.5 Å². The van der Waals surface area contributed by atoms with Gasteiger partial charge in [-0.25, -0.2) is 0 Å². The monoisotopic (exact) mass is 301 g/mol. The van der Waals surface area contributed by atoms with E-state index in [4.69, 9.17) is 22.1 Å². The zero-order valence-corrected chi connectivity index (χ0v) is 12.1. The molecule has 2 aromatic rings. The Hall–Kier alpha value is -1.04. The molecule has 0 saturated heterocycles. The number of rotatable bonds is 4. The van der Waals surface area contributed by atoms with Gasteiger partial charge < -0.3 is 10.5 Å². The van der Waals surface area contributed by atoms with E-state index in [1.807, 2.05) is 5.38 Å². The standard InChI is InChI=1S/C12H12ClNO2S2/c1-16-8-2-3-10(14)12(6-8)18(15)7-11-9(13)4-5-17-11/h2-6H,7,14H2,1H3. The number of ether oxygens (including phenoxy) is 1. The molecule has 6 heteroatoms. The van der Waals surface area contributed by atoms with Crippen LogP contribution in [0.25, 0.3) is 0 Å². The maximum absolute atomic E-state index is 12.3. The number of thiophene rings is 1. The quantitative estimate of drug-likeness (QED) is 0.882. The molecule has 1 atom stereocenters. The molecule has 0 saturated carbocycles. The van der Waals surface area contributed by atoms with Crippen LogP contribution in [-0.4, -0.2) is 11.3 Å². The number of halogens is 1. The fourth-order valence-corrected chi connectivity index (χ4v) is 4.15. The number of anilines is 1. The lowest BCUT2D eigenvalue weighted by molar-refractivity contribution is 0.413. The molecule has 18 heavy (non-hydrogen) atoms. The molecule has 1 unspecified atom stereocenters. The predicted molar refractivity (Wildman–Crippen MR) is 76.8 cm³/mol. The Bertz CT molecular complexity index is 583. The van der Waals surface area contributed by atoms with E-state index < -0.39 is 10.8 Å². The third-order valence-electron chi connectivity index (χ3n) is 2.42. The number of nitrogen functional groups attached to an aromatic ring is 1. The summed E-state index contributed by atoms with van der Waals surface area (Å²) in [4.78, 5) is 1.48. The van der Waals surface area contributed by atoms with Gasteiger partial charge in [-0.05, 0) is 29.6 Å². The van der Waals surface area contributed by atoms with E-state index in [-0.39, 0.29) is 0 Å². The van der Waals surface area contributed by atoms with Gasteiger partial charge in [-0.3, -0.25) is 4.21 Å². The molecule has 0 aliphatic heterocycles. The third-order valence-corrected chi connectivity index (χ3v) is 5.38. The van der Waals surface area contributed by atoms with Crippen molar-refractivity contribution in [3.05, 3.63) is 39.5 Å². The van der Waals surface area contributed by atoms with E-state index in [1.54, 1.807) is 31.4 Å². The molecule has 0 fully saturated rings. The summed E-state index contributed by atoms with van der Waals surface area (Å²) in [6, 6.07) is 6.94. The second-order valence-corrected chi connectivity index (χ2v) is 6.41. The molecule has 3 nitrogen and oxygen atoms in total. The van der Waals surface area contributed by atoms with Gasteiger partial charge >= 0.3 is 0 Å². The molecular formula is C12H12ClNO2S2. The zero-order chi connectivity index (χ0) is 13.1. The molecule has 0 aliphatic carbocycles. The van der Waals surface area contributed by atoms with E-state index in [2.05, 4.69) is 0 Å². The highest BCUT2D eigenvalue weighted by Gasteiger charge is 2.13. The number of benzene rings is 1. The van der Waals surface area contributed by atoms with E-state index in [9.17, 15) is 4.21 Å². The van der Waals surface area contributed by atoms with Crippen molar-refractivity contribution in [2.24, 2.45) is 0 Å². The summed E-state index contributed by atoms with van der Waals surface area (Å²) in [5.41, 5.74) is 6.34. The van der Waals surface area contributed by atoms with Crippen LogP contribution in [0.4, 0.5) is 5.69 Å². The molecular weight excluding hydrogens is 290 g/mol. The Morgan fingerprint density at radius 3 is 2.83 bits per heavy atom. The molecule has 0 amide bonds. The van der Waals surface area contributed by atoms with Crippen molar-refractivity contribution in [3.63, 3.8) is 0 Å². The lowest BCUT2D eigenvalue weighted by Crippen LogP contribution is -2.01. The second-order valence-electron chi connectivity index (χ2n) is 3.59. The van der Waals surface area contributed by atoms with E-state index in [0.717, 1.165) is 4.88 Å². The normalized spacial score (nSPS) is 12.3. The largest absolute Gasteiger partial charge is 0.497 e. The fourth-order valence-electron chi connectivity index (χ4n) is 1.46. The summed E-state index contributed by atoms with van der Waals surface area (Å²) in [6.45, 7) is 0. The SMILES string of the molecule is COc1ccc(N)c(S(=O)Cc2sccc2Cl)c1. The third kappa shape index (κ3) is 2.85. The first-order chi connectivity index (χ1) is 8.61. The van der Waals surface area contributed by atoms with Crippen LogP contribution in [0.1, 0.15) is 4.88 Å². The fraction of sp³-hybridized carbons (Fsp3) is 0.167. The van der Waals surface area contributed by atoms with Gasteiger partial charge in [0, 0.05) is 10.6 Å². The van der Waals surface area contributed by atoms with Gasteiger partial charge in [0.2, 0.25) is 0 Å². The zero-order valence-electron chi connectivity index (χ0n) is 9.68. The van der Waals surface area contributed by atoms with Gasteiger partial charge in [-0.1, -0.05) is 11.6 Å². The maximum Gasteiger partial charge on any atom is 0.120 e. The van der Waals surface area contributed by atoms with Gasteiger partial charge in [0.1, 0.15) is 5.75 Å². The molecule has 0 aliphatic rings. The molecule has 96 valence electrons. The van der Waals surface area contributed by atoms with Crippen molar-refractivity contribution in [1.29, 1.82) is 0 Å². The summed E-state index contributed by atoms with van der Waals surface area (Å²) in [6.07, 6.45) is 0. The van der Waals surface area contributed by atoms with Gasteiger partial charge in [-0.15, -0.1) is 11.3 Å². The minimum Gasteiger partial charge on any atom is -0.497 e. The Kier molecular flexibility index (Phi) is 4.27. The lowest BCUT2D eigenvalue weighted by atomic mass is 10.3. The lowest BCUT2D eigenvalue weighted by Gasteiger charge is -2.07. The molecule has 2 N–H and O–H groups in total. The highest BCUT2D eigenvalue weighted by atomic mass is 35.5. The predicted octanol–water partition coefficient (Wildman–Crippen LogP) is 3.30. The van der Waals surface area contributed by atoms with Crippen molar-refractivity contribution >= 4 is 39.4 Å². The van der Waals surface area contributed by atoms with Crippen molar-refractivity contribution in [3.8, 4) is 5.75 Å². The molecule has 0 radical (unpaired) electrons. The highest BCUT2D eigenvalue weighted by Crippen LogP contribution is 2.28. The first-order valence-corrected chi connectivity index (χ1v) is 7.73. The maximum atomic E-state index is 12.3. The van der Waals surface area contributed by atoms with Crippen LogP contribution in [0.3, 0.4) is 0 Å². The van der Waals surface area contributed by atoms with Crippen molar-refractivity contribution in [2.75, 3.05) is 12.8 Å². The van der Waals surface area contributed by atoms with Crippen LogP contribution in [0.15, 0.2) is 34.5 Å². The molecule has 1 aromatic carbocycles. The van der Waals surface area contributed by atoms with Gasteiger partial charge in [0.05, 0.1) is 33.6 Å². The molecule has 2 rings (SSSR count). The molecule has 0 bridgehead atoms. The number of methoxy groups -OCH3 is 1. The van der Waals surface area contributed by atoms with Crippen LogP contribution in [0.2, 0.25) is 5.02 Å². The average molecular weight is 302 g/mol. The minimum atomic E-state index is -1.23. The Balaban J connectivity index is 2.26. The van der Waals surface area contributed by atoms with Crippen molar-refractivity contribution in [1.82, 2.24) is 0 Å². The summed E-state index contributed by atoms with van der Waals surface area (Å²) >= 11 is 7.48. The van der Waals surface area contributed by atoms with Crippen LogP contribution in [-0.2, 0) is 16.6 Å². The van der Waals surface area contributed by atoms with Gasteiger partial charge in [-0.2, -0.15) is 0 Å². The highest BCUT2D eigenvalue weighted by molar-refractivity contribution is 7.84. The number of hydrogen-bond acceptors (Lipinski definition) is 4. The summed E-state index contributed by atoms with van der Waals surface area (Å²) in [7, 11) is 0.338. The first kappa shape index (κ1) is 13.4. The molecule has 0 spiro atoms. The van der Waals surface area contributed by atoms with E-state index >= 15 is 0 Å². The summed E-state index contributed by atoms with van der Waals surface area (Å²) < 4.78 is 17.4. The molecule has 1 aromatic heterocycles. The summed E-state index contributed by atoms with van der Waals surface area (Å²) in [5.74, 6) is 1.01. The topological polar surface area (TPSA) is 52.3 Å². The van der Waals surface area contributed by atoms with Crippen molar-refractivity contribution < 1.29 is 8.95 Å². The van der Waals surface area contributed by atoms with Gasteiger partial charge in [0.15, 0.2) is 0 Å². The first-order valence-electron chi connectivity index (χ1n) is 5.15. The Morgan fingerprint density at radius 2 is 2.22 bits per heavy atom. The van der Waals surface area contributed by atoms with E-state index in [1.165, 1.54) is 11.3 Å². The number of hydrogen-bond donors (Lipinski definition) is 1. The van der Waals surface area contributed by atoms with Crippen LogP contribution in [0.5, 0.6) is 5.75 Å². The smallest absolute Gasteiger partial charge is 0.120 e. The molecule has 1 heterocycles. The Labute approximate surface area is 117 Å². The summed E-state index contributed by atoms with van der Waals surface area (Å²) in [5, 5.41) is 2.53. The van der Waals surface area contributed by atoms with E-state index in [0.29, 0.717) is 27.1 Å². The minimum absolute atomic E-state index is 0.369. The second kappa shape index (κ2) is 5.73. The van der Waals surface area contributed by atoms with Crippen LogP contribution in [0, 0.1) is 0 Å². The van der Waals surface area contributed by atoms with Gasteiger partial charge in [0.25, 0.3) is 0 Å². The van der Waals surface area contributed by atoms with Crippen molar-refractivity contribution in [2.45, 2.75) is 10.6 Å². The number of nitrogens with two attached hydrogens (primary N) is 1. The Morgan fingerprint density at radius 1 is 1.44 bits per heavy atom. The average Bonchev–Trinajstić information content (AvgIpc) is 2.75.